The molecule has 1 fully saturated rings. The fraction of sp³-hybridized carbons (Fsp3) is 0.156. The first-order valence-electron chi connectivity index (χ1n) is 13.2. The summed E-state index contributed by atoms with van der Waals surface area (Å²) in [4.78, 5) is 19.9. The molecule has 1 amide bonds. The van der Waals surface area contributed by atoms with Crippen LogP contribution in [0.3, 0.4) is 0 Å². The Hall–Kier alpha value is -4.69. The van der Waals surface area contributed by atoms with E-state index in [1.165, 1.54) is 0 Å². The first-order chi connectivity index (χ1) is 19.6. The maximum absolute atomic E-state index is 13.2. The monoisotopic (exact) mass is 547 g/mol. The summed E-state index contributed by atoms with van der Waals surface area (Å²) in [5.74, 6) is 0.697. The van der Waals surface area contributed by atoms with E-state index in [4.69, 9.17) is 17.0 Å². The third kappa shape index (κ3) is 4.89. The molecule has 2 N–H and O–H groups in total. The fourth-order valence-corrected chi connectivity index (χ4v) is 5.75. The zero-order chi connectivity index (χ0) is 27.5. The highest BCUT2D eigenvalue weighted by molar-refractivity contribution is 7.80. The summed E-state index contributed by atoms with van der Waals surface area (Å²) >= 11 is 5.84. The van der Waals surface area contributed by atoms with Crippen LogP contribution in [-0.2, 0) is 4.79 Å². The Balaban J connectivity index is 1.30. The van der Waals surface area contributed by atoms with E-state index in [0.717, 1.165) is 39.3 Å². The normalized spacial score (nSPS) is 16.6. The van der Waals surface area contributed by atoms with Gasteiger partial charge in [0.2, 0.25) is 5.91 Å². The lowest BCUT2D eigenvalue weighted by Crippen LogP contribution is -2.33. The molecule has 0 radical (unpaired) electrons. The van der Waals surface area contributed by atoms with Crippen LogP contribution in [0.25, 0.3) is 16.5 Å². The quantitative estimate of drug-likeness (QED) is 0.231. The van der Waals surface area contributed by atoms with Gasteiger partial charge in [-0.3, -0.25) is 9.78 Å². The van der Waals surface area contributed by atoms with Crippen LogP contribution < -0.4 is 15.4 Å². The number of carbonyl (C=O) groups is 1. The second kappa shape index (κ2) is 11.2. The average molecular weight is 548 g/mol. The molecular weight excluding hydrogens is 518 g/mol. The number of para-hydroxylation sites is 2. The molecule has 1 aliphatic rings. The Bertz CT molecular complexity index is 1660. The summed E-state index contributed by atoms with van der Waals surface area (Å²) in [6, 6.07) is 31.5. The van der Waals surface area contributed by atoms with Crippen molar-refractivity contribution in [3.63, 3.8) is 0 Å². The van der Waals surface area contributed by atoms with Crippen LogP contribution in [-0.4, -0.2) is 39.1 Å². The van der Waals surface area contributed by atoms with Crippen molar-refractivity contribution in [1.82, 2.24) is 19.8 Å². The molecule has 0 saturated carbocycles. The number of carbonyl (C=O) groups excluding carboxylic acids is 1. The van der Waals surface area contributed by atoms with Crippen molar-refractivity contribution in [2.75, 3.05) is 19.0 Å². The first-order valence-corrected chi connectivity index (χ1v) is 13.6. The van der Waals surface area contributed by atoms with E-state index < -0.39 is 0 Å². The van der Waals surface area contributed by atoms with E-state index in [9.17, 15) is 4.79 Å². The number of anilines is 1. The number of fused-ring (bicyclic) bond motifs is 1. The Morgan fingerprint density at radius 1 is 0.975 bits per heavy atom. The first kappa shape index (κ1) is 25.6. The lowest BCUT2D eigenvalue weighted by molar-refractivity contribution is -0.116. The molecule has 2 atom stereocenters. The number of pyridine rings is 1. The zero-order valence-electron chi connectivity index (χ0n) is 22.0. The van der Waals surface area contributed by atoms with Crippen molar-refractivity contribution in [2.24, 2.45) is 0 Å². The molecule has 40 heavy (non-hydrogen) atoms. The molecule has 0 aliphatic carbocycles. The van der Waals surface area contributed by atoms with E-state index in [2.05, 4.69) is 31.2 Å². The minimum Gasteiger partial charge on any atom is -0.495 e. The standard InChI is InChI=1S/C32H29N5O2S/c1-39-28-17-5-4-15-26(28)36-20-9-16-27(36)31-30(25-13-6-7-19-33-25)35-32(40)37(31)21-18-29(38)34-24-14-8-11-22-10-2-3-12-23(22)24/h2-17,19-20,30-31H,18,21H2,1H3,(H,34,38)(H,35,40)/t30-,31-/m1/s1. The van der Waals surface area contributed by atoms with Crippen LogP contribution in [0, 0.1) is 0 Å². The third-order valence-electron chi connectivity index (χ3n) is 7.27. The summed E-state index contributed by atoms with van der Waals surface area (Å²) in [5, 5.41) is 9.27. The Morgan fingerprint density at radius 2 is 1.77 bits per heavy atom. The molecule has 200 valence electrons. The van der Waals surface area contributed by atoms with Crippen molar-refractivity contribution >= 4 is 39.7 Å². The molecule has 5 aromatic rings. The van der Waals surface area contributed by atoms with Crippen molar-refractivity contribution < 1.29 is 9.53 Å². The Labute approximate surface area is 238 Å². The van der Waals surface area contributed by atoms with Gasteiger partial charge in [-0.25, -0.2) is 0 Å². The van der Waals surface area contributed by atoms with E-state index in [1.807, 2.05) is 97.2 Å². The summed E-state index contributed by atoms with van der Waals surface area (Å²) < 4.78 is 7.79. The molecule has 2 aromatic heterocycles. The van der Waals surface area contributed by atoms with Gasteiger partial charge in [-0.1, -0.05) is 54.6 Å². The van der Waals surface area contributed by atoms with Gasteiger partial charge in [0.25, 0.3) is 0 Å². The summed E-state index contributed by atoms with van der Waals surface area (Å²) in [7, 11) is 1.67. The van der Waals surface area contributed by atoms with Crippen LogP contribution >= 0.6 is 12.2 Å². The molecule has 0 bridgehead atoms. The second-order valence-corrected chi connectivity index (χ2v) is 10.0. The van der Waals surface area contributed by atoms with Gasteiger partial charge in [0.1, 0.15) is 5.75 Å². The molecule has 3 heterocycles. The summed E-state index contributed by atoms with van der Waals surface area (Å²) in [5.41, 5.74) is 3.63. The summed E-state index contributed by atoms with van der Waals surface area (Å²) in [6.07, 6.45) is 4.08. The van der Waals surface area contributed by atoms with Gasteiger partial charge in [-0.05, 0) is 60.1 Å². The number of thiocarbonyl (C=S) groups is 1. The van der Waals surface area contributed by atoms with Crippen LogP contribution in [0.1, 0.15) is 29.9 Å². The Morgan fingerprint density at radius 3 is 2.62 bits per heavy atom. The molecule has 0 unspecified atom stereocenters. The highest BCUT2D eigenvalue weighted by Crippen LogP contribution is 2.40. The van der Waals surface area contributed by atoms with E-state index >= 15 is 0 Å². The number of ether oxygens (including phenoxy) is 1. The minimum atomic E-state index is -0.201. The lowest BCUT2D eigenvalue weighted by Gasteiger charge is -2.29. The highest BCUT2D eigenvalue weighted by Gasteiger charge is 2.41. The summed E-state index contributed by atoms with van der Waals surface area (Å²) in [6.45, 7) is 0.438. The fourth-order valence-electron chi connectivity index (χ4n) is 5.42. The molecule has 0 spiro atoms. The van der Waals surface area contributed by atoms with Crippen LogP contribution in [0.4, 0.5) is 5.69 Å². The topological polar surface area (TPSA) is 71.4 Å². The molecule has 7 nitrogen and oxygen atoms in total. The van der Waals surface area contributed by atoms with Gasteiger partial charge >= 0.3 is 0 Å². The Kier molecular flexibility index (Phi) is 7.16. The lowest BCUT2D eigenvalue weighted by atomic mass is 10.0. The smallest absolute Gasteiger partial charge is 0.226 e. The number of hydrogen-bond acceptors (Lipinski definition) is 4. The molecule has 3 aromatic carbocycles. The van der Waals surface area contributed by atoms with Gasteiger partial charge in [0.05, 0.1) is 30.6 Å². The van der Waals surface area contributed by atoms with Crippen LogP contribution in [0.2, 0.25) is 0 Å². The largest absolute Gasteiger partial charge is 0.495 e. The number of nitrogens with zero attached hydrogens (tertiary/aromatic N) is 3. The third-order valence-corrected chi connectivity index (χ3v) is 7.62. The molecule has 1 saturated heterocycles. The average Bonchev–Trinajstić information content (AvgIpc) is 3.60. The van der Waals surface area contributed by atoms with Gasteiger partial charge in [-0.15, -0.1) is 0 Å². The number of nitrogens with one attached hydrogen (secondary N) is 2. The number of aromatic nitrogens is 2. The molecule has 1 aliphatic heterocycles. The van der Waals surface area contributed by atoms with Crippen molar-refractivity contribution in [2.45, 2.75) is 18.5 Å². The molecule has 8 heteroatoms. The number of rotatable bonds is 8. The second-order valence-electron chi connectivity index (χ2n) is 9.62. The van der Waals surface area contributed by atoms with Crippen LogP contribution in [0.5, 0.6) is 5.75 Å². The van der Waals surface area contributed by atoms with E-state index in [1.54, 1.807) is 13.3 Å². The van der Waals surface area contributed by atoms with Gasteiger partial charge < -0.3 is 24.8 Å². The van der Waals surface area contributed by atoms with E-state index in [-0.39, 0.29) is 24.4 Å². The maximum Gasteiger partial charge on any atom is 0.226 e. The van der Waals surface area contributed by atoms with Crippen molar-refractivity contribution in [3.8, 4) is 11.4 Å². The number of methoxy groups -OCH3 is 1. The SMILES string of the molecule is COc1ccccc1-n1cccc1[C@@H]1[C@@H](c2ccccn2)NC(=S)N1CCC(=O)Nc1cccc2ccccc12. The van der Waals surface area contributed by atoms with Crippen molar-refractivity contribution in [1.29, 1.82) is 0 Å². The predicted octanol–water partition coefficient (Wildman–Crippen LogP) is 6.04. The van der Waals surface area contributed by atoms with Crippen LogP contribution in [0.15, 0.2) is 109 Å². The minimum absolute atomic E-state index is 0.0701. The maximum atomic E-state index is 13.2. The van der Waals surface area contributed by atoms with Gasteiger partial charge in [-0.2, -0.15) is 0 Å². The highest BCUT2D eigenvalue weighted by atomic mass is 32.1. The predicted molar refractivity (Wildman–Crippen MR) is 162 cm³/mol. The van der Waals surface area contributed by atoms with Gasteiger partial charge in [0, 0.05) is 42.1 Å². The molecular formula is C32H29N5O2S. The molecule has 6 rings (SSSR count). The number of benzene rings is 3. The zero-order valence-corrected chi connectivity index (χ0v) is 22.8. The van der Waals surface area contributed by atoms with E-state index in [0.29, 0.717) is 11.7 Å². The van der Waals surface area contributed by atoms with Gasteiger partial charge in [0.15, 0.2) is 5.11 Å². The number of hydrogen-bond donors (Lipinski definition) is 2. The van der Waals surface area contributed by atoms with Crippen molar-refractivity contribution in [3.05, 3.63) is 121 Å². The number of amides is 1.